The first kappa shape index (κ1) is 74.4. The molecule has 0 radical (unpaired) electrons. The molecular weight excluding hydrogens is 949 g/mol. The van der Waals surface area contributed by atoms with Crippen LogP contribution < -0.4 is 0 Å². The fourth-order valence-corrected chi connectivity index (χ4v) is 10.2. The van der Waals surface area contributed by atoms with Gasteiger partial charge in [0, 0.05) is 19.3 Å². The van der Waals surface area contributed by atoms with Crippen molar-refractivity contribution in [2.75, 3.05) is 13.2 Å². The van der Waals surface area contributed by atoms with Crippen LogP contribution in [-0.2, 0) is 28.6 Å². The van der Waals surface area contributed by atoms with Crippen molar-refractivity contribution in [1.29, 1.82) is 0 Å². The van der Waals surface area contributed by atoms with Gasteiger partial charge in [-0.3, -0.25) is 14.4 Å². The van der Waals surface area contributed by atoms with Crippen molar-refractivity contribution in [2.24, 2.45) is 0 Å². The van der Waals surface area contributed by atoms with E-state index in [1.54, 1.807) is 0 Å². The minimum atomic E-state index is -0.780. The summed E-state index contributed by atoms with van der Waals surface area (Å²) in [6.07, 6.45) is 82.9. The lowest BCUT2D eigenvalue weighted by Gasteiger charge is -2.18. The molecule has 6 nitrogen and oxygen atoms in total. The summed E-state index contributed by atoms with van der Waals surface area (Å²) in [5, 5.41) is 0. The lowest BCUT2D eigenvalue weighted by Crippen LogP contribution is -2.30. The zero-order valence-electron chi connectivity index (χ0n) is 51.7. The van der Waals surface area contributed by atoms with Crippen molar-refractivity contribution in [1.82, 2.24) is 0 Å². The molecule has 0 saturated heterocycles. The smallest absolute Gasteiger partial charge is 0.306 e. The van der Waals surface area contributed by atoms with Crippen LogP contribution in [-0.4, -0.2) is 37.2 Å². The van der Waals surface area contributed by atoms with Gasteiger partial charge in [0.2, 0.25) is 0 Å². The SMILES string of the molecule is CC/C=C\C/C=C\C/C=C\CCCCCCCC(=O)OC(COC(=O)CCCCCCCCCCCCCCCCC)COC(=O)CCCCCCCCCCCCCCCCCCC/C=C\CCCCCCCCCC. The van der Waals surface area contributed by atoms with Gasteiger partial charge in [0.1, 0.15) is 13.2 Å². The number of allylic oxidation sites excluding steroid dienone is 8. The molecule has 0 amide bonds. The van der Waals surface area contributed by atoms with Crippen LogP contribution in [0.2, 0.25) is 0 Å². The second-order valence-corrected chi connectivity index (χ2v) is 23.1. The molecular formula is C71H130O6. The van der Waals surface area contributed by atoms with E-state index in [2.05, 4.69) is 69.4 Å². The molecule has 6 heteroatoms. The van der Waals surface area contributed by atoms with Crippen LogP contribution in [0.4, 0.5) is 0 Å². The third-order valence-electron chi connectivity index (χ3n) is 15.3. The third kappa shape index (κ3) is 64.1. The first-order valence-electron chi connectivity index (χ1n) is 34.1. The van der Waals surface area contributed by atoms with Gasteiger partial charge in [-0.05, 0) is 77.0 Å². The van der Waals surface area contributed by atoms with E-state index in [1.807, 2.05) is 0 Å². The zero-order valence-corrected chi connectivity index (χ0v) is 51.7. The van der Waals surface area contributed by atoms with Gasteiger partial charge in [0.25, 0.3) is 0 Å². The van der Waals surface area contributed by atoms with E-state index in [0.717, 1.165) is 96.3 Å². The normalized spacial score (nSPS) is 12.3. The maximum absolute atomic E-state index is 12.9. The van der Waals surface area contributed by atoms with Crippen LogP contribution in [0.1, 0.15) is 367 Å². The molecule has 0 spiro atoms. The predicted octanol–water partition coefficient (Wildman–Crippen LogP) is 23.3. The van der Waals surface area contributed by atoms with Crippen molar-refractivity contribution in [3.05, 3.63) is 48.6 Å². The van der Waals surface area contributed by atoms with Crippen molar-refractivity contribution in [2.45, 2.75) is 374 Å². The summed E-state index contributed by atoms with van der Waals surface area (Å²) in [4.78, 5) is 38.3. The maximum atomic E-state index is 12.9. The summed E-state index contributed by atoms with van der Waals surface area (Å²) in [5.41, 5.74) is 0. The molecule has 0 rings (SSSR count). The molecule has 0 aliphatic carbocycles. The summed E-state index contributed by atoms with van der Waals surface area (Å²) in [6.45, 7) is 6.57. The number of hydrogen-bond donors (Lipinski definition) is 0. The fourth-order valence-electron chi connectivity index (χ4n) is 10.2. The van der Waals surface area contributed by atoms with Gasteiger partial charge < -0.3 is 14.2 Å². The van der Waals surface area contributed by atoms with Gasteiger partial charge in [-0.1, -0.05) is 320 Å². The summed E-state index contributed by atoms with van der Waals surface area (Å²) in [6, 6.07) is 0. The highest BCUT2D eigenvalue weighted by Crippen LogP contribution is 2.18. The molecule has 77 heavy (non-hydrogen) atoms. The highest BCUT2D eigenvalue weighted by Gasteiger charge is 2.19. The highest BCUT2D eigenvalue weighted by atomic mass is 16.6. The van der Waals surface area contributed by atoms with Crippen molar-refractivity contribution < 1.29 is 28.6 Å². The van der Waals surface area contributed by atoms with Crippen LogP contribution in [0.3, 0.4) is 0 Å². The Hall–Kier alpha value is -2.63. The van der Waals surface area contributed by atoms with Crippen LogP contribution >= 0.6 is 0 Å². The minimum absolute atomic E-state index is 0.0755. The second-order valence-electron chi connectivity index (χ2n) is 23.1. The van der Waals surface area contributed by atoms with Crippen LogP contribution in [0, 0.1) is 0 Å². The lowest BCUT2D eigenvalue weighted by atomic mass is 10.0. The van der Waals surface area contributed by atoms with Gasteiger partial charge in [0.15, 0.2) is 6.10 Å². The van der Waals surface area contributed by atoms with E-state index in [0.29, 0.717) is 19.3 Å². The Morgan fingerprint density at radius 3 is 0.805 bits per heavy atom. The summed E-state index contributed by atoms with van der Waals surface area (Å²) >= 11 is 0. The van der Waals surface area contributed by atoms with Crippen LogP contribution in [0.5, 0.6) is 0 Å². The topological polar surface area (TPSA) is 78.9 Å². The Morgan fingerprint density at radius 2 is 0.506 bits per heavy atom. The van der Waals surface area contributed by atoms with E-state index in [1.165, 1.54) is 231 Å². The largest absolute Gasteiger partial charge is 0.462 e. The average molecular weight is 1080 g/mol. The molecule has 0 aromatic heterocycles. The Kier molecular flexibility index (Phi) is 63.6. The molecule has 0 aromatic rings. The third-order valence-corrected chi connectivity index (χ3v) is 15.3. The van der Waals surface area contributed by atoms with Gasteiger partial charge >= 0.3 is 17.9 Å². The lowest BCUT2D eigenvalue weighted by molar-refractivity contribution is -0.167. The minimum Gasteiger partial charge on any atom is -0.462 e. The number of carbonyl (C=O) groups is 3. The molecule has 0 saturated carbocycles. The maximum Gasteiger partial charge on any atom is 0.306 e. The van der Waals surface area contributed by atoms with E-state index in [4.69, 9.17) is 14.2 Å². The Morgan fingerprint density at radius 1 is 0.273 bits per heavy atom. The van der Waals surface area contributed by atoms with Gasteiger partial charge in [-0.2, -0.15) is 0 Å². The monoisotopic (exact) mass is 1080 g/mol. The number of carbonyl (C=O) groups excluding carboxylic acids is 3. The standard InChI is InChI=1S/C71H130O6/c1-4-7-10-13-16-19-22-25-28-29-30-31-32-33-34-35-36-37-38-39-40-41-44-46-49-52-55-58-61-64-70(73)76-67-68(77-71(74)65-62-59-56-53-50-47-43-27-24-21-18-15-12-9-6-3)66-75-69(72)63-60-57-54-51-48-45-42-26-23-20-17-14-11-8-5-2/h9,12,18,21,27,29-30,43,68H,4-8,10-11,13-17,19-20,22-26,28,31-42,44-67H2,1-3H3/b12-9-,21-18-,30-29-,43-27-. The van der Waals surface area contributed by atoms with E-state index < -0.39 is 6.10 Å². The highest BCUT2D eigenvalue weighted by molar-refractivity contribution is 5.71. The average Bonchev–Trinajstić information content (AvgIpc) is 3.43. The number of esters is 3. The number of hydrogen-bond acceptors (Lipinski definition) is 6. The predicted molar refractivity (Wildman–Crippen MR) is 335 cm³/mol. The zero-order chi connectivity index (χ0) is 55.7. The molecule has 0 aliphatic heterocycles. The molecule has 0 bridgehead atoms. The van der Waals surface area contributed by atoms with Gasteiger partial charge in [-0.25, -0.2) is 0 Å². The summed E-state index contributed by atoms with van der Waals surface area (Å²) < 4.78 is 16.9. The van der Waals surface area contributed by atoms with Gasteiger partial charge in [0.05, 0.1) is 0 Å². The molecule has 450 valence electrons. The van der Waals surface area contributed by atoms with Crippen molar-refractivity contribution in [3.8, 4) is 0 Å². The number of unbranched alkanes of at least 4 members (excludes halogenated alkanes) is 44. The van der Waals surface area contributed by atoms with Crippen molar-refractivity contribution in [3.63, 3.8) is 0 Å². The molecule has 0 heterocycles. The summed E-state index contributed by atoms with van der Waals surface area (Å²) in [7, 11) is 0. The fraction of sp³-hybridized carbons (Fsp3) is 0.845. The first-order valence-corrected chi connectivity index (χ1v) is 34.1. The molecule has 1 unspecified atom stereocenters. The summed E-state index contributed by atoms with van der Waals surface area (Å²) in [5.74, 6) is -0.869. The molecule has 0 fully saturated rings. The number of rotatable bonds is 63. The Balaban J connectivity index is 4.19. The first-order chi connectivity index (χ1) is 38.0. The molecule has 0 aromatic carbocycles. The quantitative estimate of drug-likeness (QED) is 0.0261. The Bertz CT molecular complexity index is 1330. The molecule has 1 atom stereocenters. The number of ether oxygens (including phenoxy) is 3. The van der Waals surface area contributed by atoms with Gasteiger partial charge in [-0.15, -0.1) is 0 Å². The van der Waals surface area contributed by atoms with Crippen LogP contribution in [0.15, 0.2) is 48.6 Å². The van der Waals surface area contributed by atoms with Crippen molar-refractivity contribution >= 4 is 17.9 Å². The van der Waals surface area contributed by atoms with E-state index in [9.17, 15) is 14.4 Å². The van der Waals surface area contributed by atoms with E-state index in [-0.39, 0.29) is 31.1 Å². The second kappa shape index (κ2) is 65.9. The molecule has 0 aliphatic rings. The van der Waals surface area contributed by atoms with E-state index >= 15 is 0 Å². The Labute approximate surface area is 479 Å². The molecule has 0 N–H and O–H groups in total. The van der Waals surface area contributed by atoms with Crippen LogP contribution in [0.25, 0.3) is 0 Å².